The Morgan fingerprint density at radius 2 is 1.63 bits per heavy atom. The van der Waals surface area contributed by atoms with E-state index in [1.54, 1.807) is 19.1 Å². The predicted octanol–water partition coefficient (Wildman–Crippen LogP) is 2.37. The molecule has 8 nitrogen and oxygen atoms in total. The maximum absolute atomic E-state index is 12.1. The fourth-order valence-electron chi connectivity index (χ4n) is 2.23. The fraction of sp³-hybridized carbons (Fsp3) is 0.211. The van der Waals surface area contributed by atoms with Crippen LogP contribution in [0.15, 0.2) is 42.5 Å². The number of carbonyl (C=O) groups excluding carboxylic acids is 3. The molecule has 142 valence electrons. The number of phenolic OH excluding ortho intramolecular Hbond substituents is 1. The minimum absolute atomic E-state index is 0.109. The minimum atomic E-state index is -0.889. The quantitative estimate of drug-likeness (QED) is 0.717. The van der Waals surface area contributed by atoms with Crippen LogP contribution in [0.4, 0.5) is 5.69 Å². The Hall–Kier alpha value is -3.55. The molecule has 0 aromatic heterocycles. The van der Waals surface area contributed by atoms with Gasteiger partial charge in [-0.05, 0) is 31.2 Å². The molecule has 0 fully saturated rings. The summed E-state index contributed by atoms with van der Waals surface area (Å²) < 4.78 is 14.7. The minimum Gasteiger partial charge on any atom is -0.504 e. The van der Waals surface area contributed by atoms with Gasteiger partial charge in [-0.2, -0.15) is 0 Å². The zero-order valence-electron chi connectivity index (χ0n) is 14.9. The molecule has 27 heavy (non-hydrogen) atoms. The van der Waals surface area contributed by atoms with Gasteiger partial charge in [0.05, 0.1) is 25.0 Å². The van der Waals surface area contributed by atoms with Gasteiger partial charge in [0.25, 0.3) is 5.91 Å². The standard InChI is InChI=1S/C19H19NO7/c1-3-26-18(23)12-7-4-5-9-14(12)20-16(21)11-27-19(24)13-8-6-10-15(25-2)17(13)22/h4-10,22H,3,11H2,1-2H3,(H,20,21). The molecule has 0 aliphatic heterocycles. The molecule has 2 rings (SSSR count). The van der Waals surface area contributed by atoms with Gasteiger partial charge < -0.3 is 24.6 Å². The van der Waals surface area contributed by atoms with E-state index in [0.717, 1.165) is 0 Å². The van der Waals surface area contributed by atoms with E-state index in [1.165, 1.54) is 37.4 Å². The summed E-state index contributed by atoms with van der Waals surface area (Å²) in [4.78, 5) is 36.0. The van der Waals surface area contributed by atoms with Crippen LogP contribution in [-0.2, 0) is 14.3 Å². The molecule has 8 heteroatoms. The first kappa shape index (κ1) is 19.8. The van der Waals surface area contributed by atoms with Gasteiger partial charge in [0.2, 0.25) is 0 Å². The molecule has 0 unspecified atom stereocenters. The van der Waals surface area contributed by atoms with E-state index in [0.29, 0.717) is 0 Å². The lowest BCUT2D eigenvalue weighted by Crippen LogP contribution is -2.22. The average Bonchev–Trinajstić information content (AvgIpc) is 2.67. The average molecular weight is 373 g/mol. The van der Waals surface area contributed by atoms with Crippen molar-refractivity contribution >= 4 is 23.5 Å². The van der Waals surface area contributed by atoms with Gasteiger partial charge >= 0.3 is 11.9 Å². The molecule has 0 aliphatic carbocycles. The number of anilines is 1. The van der Waals surface area contributed by atoms with Crippen LogP contribution in [0.3, 0.4) is 0 Å². The third-order valence-corrected chi connectivity index (χ3v) is 3.47. The van der Waals surface area contributed by atoms with Crippen molar-refractivity contribution in [1.82, 2.24) is 0 Å². The molecule has 0 heterocycles. The molecule has 1 amide bonds. The van der Waals surface area contributed by atoms with Gasteiger partial charge in [0.15, 0.2) is 18.1 Å². The summed E-state index contributed by atoms with van der Waals surface area (Å²) in [5.74, 6) is -2.38. The lowest BCUT2D eigenvalue weighted by Gasteiger charge is -2.11. The lowest BCUT2D eigenvalue weighted by atomic mass is 10.2. The molecule has 0 saturated heterocycles. The van der Waals surface area contributed by atoms with Crippen LogP contribution >= 0.6 is 0 Å². The van der Waals surface area contributed by atoms with Gasteiger partial charge in [0, 0.05) is 0 Å². The number of esters is 2. The van der Waals surface area contributed by atoms with Crippen molar-refractivity contribution < 1.29 is 33.7 Å². The van der Waals surface area contributed by atoms with Crippen LogP contribution in [0, 0.1) is 0 Å². The normalized spacial score (nSPS) is 10.0. The Balaban J connectivity index is 2.01. The van der Waals surface area contributed by atoms with Crippen LogP contribution in [0.5, 0.6) is 11.5 Å². The van der Waals surface area contributed by atoms with Crippen LogP contribution in [0.2, 0.25) is 0 Å². The van der Waals surface area contributed by atoms with Crippen molar-refractivity contribution in [2.75, 3.05) is 25.6 Å². The second kappa shape index (κ2) is 9.23. The van der Waals surface area contributed by atoms with Crippen LogP contribution in [0.1, 0.15) is 27.6 Å². The summed E-state index contributed by atoms with van der Waals surface area (Å²) in [6.45, 7) is 1.27. The van der Waals surface area contributed by atoms with E-state index in [1.807, 2.05) is 0 Å². The van der Waals surface area contributed by atoms with Crippen molar-refractivity contribution in [1.29, 1.82) is 0 Å². The monoisotopic (exact) mass is 373 g/mol. The highest BCUT2D eigenvalue weighted by Gasteiger charge is 2.18. The van der Waals surface area contributed by atoms with E-state index in [9.17, 15) is 19.5 Å². The molecule has 2 aromatic carbocycles. The SMILES string of the molecule is CCOC(=O)c1ccccc1NC(=O)COC(=O)c1cccc(OC)c1O. The number of phenols is 1. The summed E-state index contributed by atoms with van der Waals surface area (Å²) in [6, 6.07) is 10.6. The topological polar surface area (TPSA) is 111 Å². The highest BCUT2D eigenvalue weighted by Crippen LogP contribution is 2.29. The number of aromatic hydroxyl groups is 1. The maximum Gasteiger partial charge on any atom is 0.342 e. The number of carbonyl (C=O) groups is 3. The second-order valence-electron chi connectivity index (χ2n) is 5.25. The Morgan fingerprint density at radius 3 is 2.33 bits per heavy atom. The molecule has 2 N–H and O–H groups in total. The Morgan fingerprint density at radius 1 is 0.963 bits per heavy atom. The summed E-state index contributed by atoms with van der Waals surface area (Å²) in [6.07, 6.45) is 0. The number of methoxy groups -OCH3 is 1. The molecule has 0 radical (unpaired) electrons. The van der Waals surface area contributed by atoms with Crippen molar-refractivity contribution in [3.05, 3.63) is 53.6 Å². The third kappa shape index (κ3) is 4.97. The molecule has 0 bridgehead atoms. The van der Waals surface area contributed by atoms with Crippen LogP contribution in [-0.4, -0.2) is 43.3 Å². The van der Waals surface area contributed by atoms with Gasteiger partial charge in [-0.3, -0.25) is 4.79 Å². The highest BCUT2D eigenvalue weighted by molar-refractivity contribution is 6.02. The van der Waals surface area contributed by atoms with E-state index in [-0.39, 0.29) is 34.9 Å². The van der Waals surface area contributed by atoms with Crippen molar-refractivity contribution in [3.63, 3.8) is 0 Å². The Labute approximate surface area is 155 Å². The van der Waals surface area contributed by atoms with Crippen molar-refractivity contribution in [3.8, 4) is 11.5 Å². The van der Waals surface area contributed by atoms with E-state index in [4.69, 9.17) is 14.2 Å². The number of ether oxygens (including phenoxy) is 3. The summed E-state index contributed by atoms with van der Waals surface area (Å²) >= 11 is 0. The number of hydrogen-bond donors (Lipinski definition) is 2. The van der Waals surface area contributed by atoms with Crippen LogP contribution in [0.25, 0.3) is 0 Å². The summed E-state index contributed by atoms with van der Waals surface area (Å²) in [7, 11) is 1.35. The number of rotatable bonds is 7. The van der Waals surface area contributed by atoms with Crippen molar-refractivity contribution in [2.24, 2.45) is 0 Å². The first-order chi connectivity index (χ1) is 13.0. The number of para-hydroxylation sites is 2. The molecule has 2 aromatic rings. The number of benzene rings is 2. The summed E-state index contributed by atoms with van der Waals surface area (Å²) in [5, 5.41) is 12.4. The third-order valence-electron chi connectivity index (χ3n) is 3.47. The van der Waals surface area contributed by atoms with Gasteiger partial charge in [-0.25, -0.2) is 9.59 Å². The van der Waals surface area contributed by atoms with Gasteiger partial charge in [0.1, 0.15) is 5.56 Å². The van der Waals surface area contributed by atoms with Gasteiger partial charge in [-0.15, -0.1) is 0 Å². The van der Waals surface area contributed by atoms with Gasteiger partial charge in [-0.1, -0.05) is 18.2 Å². The first-order valence-electron chi connectivity index (χ1n) is 8.07. The second-order valence-corrected chi connectivity index (χ2v) is 5.25. The molecular weight excluding hydrogens is 354 g/mol. The molecule has 0 aliphatic rings. The van der Waals surface area contributed by atoms with E-state index >= 15 is 0 Å². The van der Waals surface area contributed by atoms with Crippen molar-refractivity contribution in [2.45, 2.75) is 6.92 Å². The highest BCUT2D eigenvalue weighted by atomic mass is 16.5. The van der Waals surface area contributed by atoms with E-state index < -0.39 is 24.5 Å². The summed E-state index contributed by atoms with van der Waals surface area (Å²) in [5.41, 5.74) is 0.291. The predicted molar refractivity (Wildman–Crippen MR) is 96.0 cm³/mol. The number of amides is 1. The molecule has 0 saturated carbocycles. The lowest BCUT2D eigenvalue weighted by molar-refractivity contribution is -0.119. The number of nitrogens with one attached hydrogen (secondary N) is 1. The molecular formula is C19H19NO7. The van der Waals surface area contributed by atoms with E-state index in [2.05, 4.69) is 5.32 Å². The Kier molecular flexibility index (Phi) is 6.76. The first-order valence-corrected chi connectivity index (χ1v) is 8.07. The maximum atomic E-state index is 12.1. The Bertz CT molecular complexity index is 848. The zero-order chi connectivity index (χ0) is 19.8. The van der Waals surface area contributed by atoms with Crippen LogP contribution < -0.4 is 10.1 Å². The molecule has 0 atom stereocenters. The fourth-order valence-corrected chi connectivity index (χ4v) is 2.23. The zero-order valence-corrected chi connectivity index (χ0v) is 14.9. The smallest absolute Gasteiger partial charge is 0.342 e. The largest absolute Gasteiger partial charge is 0.504 e. The number of hydrogen-bond acceptors (Lipinski definition) is 7. The molecule has 0 spiro atoms.